The van der Waals surface area contributed by atoms with Crippen LogP contribution in [0.4, 0.5) is 22.4 Å². The molecule has 0 aliphatic rings. The van der Waals surface area contributed by atoms with Gasteiger partial charge in [-0.2, -0.15) is 8.78 Å². The molecule has 0 unspecified atom stereocenters. The molecule has 0 aromatic rings. The van der Waals surface area contributed by atoms with Crippen molar-refractivity contribution in [3.05, 3.63) is 0 Å². The van der Waals surface area contributed by atoms with Crippen LogP contribution in [0.1, 0.15) is 6.42 Å². The minimum atomic E-state index is -4.28. The predicted octanol–water partition coefficient (Wildman–Crippen LogP) is 0.677. The molecule has 0 spiro atoms. The van der Waals surface area contributed by atoms with Crippen LogP contribution in [0.15, 0.2) is 0 Å². The molecule has 0 atom stereocenters. The number of rotatable bonds is 9. The Morgan fingerprint density at radius 2 is 1.84 bits per heavy atom. The number of ether oxygens (including phenoxy) is 1. The van der Waals surface area contributed by atoms with E-state index in [9.17, 15) is 27.2 Å². The van der Waals surface area contributed by atoms with Crippen LogP contribution in [0.25, 0.3) is 0 Å². The van der Waals surface area contributed by atoms with Crippen LogP contribution in [-0.4, -0.2) is 55.8 Å². The Labute approximate surface area is 106 Å². The van der Waals surface area contributed by atoms with Crippen LogP contribution in [-0.2, 0) is 9.53 Å². The molecule has 112 valence electrons. The van der Waals surface area contributed by atoms with Gasteiger partial charge in [0, 0.05) is 6.54 Å². The molecule has 0 rings (SSSR count). The number of amides is 2. The molecule has 0 aromatic carbocycles. The smallest absolute Gasteiger partial charge is 0.324 e. The minimum Gasteiger partial charge on any atom is -0.481 e. The fourth-order valence-electron chi connectivity index (χ4n) is 0.836. The monoisotopic (exact) mass is 290 g/mol. The lowest BCUT2D eigenvalue weighted by Crippen LogP contribution is -2.45. The quantitative estimate of drug-likeness (QED) is 0.430. The number of hydrogen-bond acceptors (Lipinski definition) is 3. The predicted molar refractivity (Wildman–Crippen MR) is 55.4 cm³/mol. The first-order chi connectivity index (χ1) is 8.75. The summed E-state index contributed by atoms with van der Waals surface area (Å²) in [6.07, 6.45) is -4.06. The van der Waals surface area contributed by atoms with Crippen molar-refractivity contribution in [2.75, 3.05) is 26.3 Å². The highest BCUT2D eigenvalue weighted by atomic mass is 19.3. The Bertz CT molecular complexity index is 302. The van der Waals surface area contributed by atoms with Gasteiger partial charge in [-0.25, -0.2) is 13.6 Å². The van der Waals surface area contributed by atoms with Gasteiger partial charge in [-0.05, 0) is 0 Å². The molecule has 3 N–H and O–H groups in total. The van der Waals surface area contributed by atoms with Gasteiger partial charge >= 0.3 is 24.3 Å². The van der Waals surface area contributed by atoms with E-state index in [1.807, 2.05) is 0 Å². The standard InChI is InChI=1S/C9H14F4N2O4/c10-7(11)9(12,13)5-15-8(18)14-2-4-19-3-1-6(16)17/h7H,1-5H2,(H,16,17)(H2,14,15,18). The SMILES string of the molecule is O=C(O)CCOCCNC(=O)NCC(F)(F)C(F)F. The Hall–Kier alpha value is -1.58. The first kappa shape index (κ1) is 17.4. The van der Waals surface area contributed by atoms with E-state index in [4.69, 9.17) is 9.84 Å². The topological polar surface area (TPSA) is 87.7 Å². The number of aliphatic carboxylic acids is 1. The van der Waals surface area contributed by atoms with E-state index in [-0.39, 0.29) is 26.2 Å². The summed E-state index contributed by atoms with van der Waals surface area (Å²) in [7, 11) is 0. The van der Waals surface area contributed by atoms with Gasteiger partial charge in [0.1, 0.15) is 0 Å². The average molecular weight is 290 g/mol. The number of carbonyl (C=O) groups is 2. The van der Waals surface area contributed by atoms with Crippen molar-refractivity contribution < 1.29 is 37.0 Å². The number of hydrogen-bond donors (Lipinski definition) is 3. The summed E-state index contributed by atoms with van der Waals surface area (Å²) in [4.78, 5) is 21.0. The third-order valence-corrected chi connectivity index (χ3v) is 1.80. The molecule has 10 heteroatoms. The van der Waals surface area contributed by atoms with E-state index >= 15 is 0 Å². The van der Waals surface area contributed by atoms with Crippen molar-refractivity contribution in [2.45, 2.75) is 18.8 Å². The van der Waals surface area contributed by atoms with Crippen LogP contribution < -0.4 is 10.6 Å². The van der Waals surface area contributed by atoms with Crippen molar-refractivity contribution in [3.63, 3.8) is 0 Å². The first-order valence-corrected chi connectivity index (χ1v) is 5.23. The molecule has 6 nitrogen and oxygen atoms in total. The Morgan fingerprint density at radius 1 is 1.21 bits per heavy atom. The van der Waals surface area contributed by atoms with Crippen LogP contribution >= 0.6 is 0 Å². The van der Waals surface area contributed by atoms with E-state index in [1.165, 1.54) is 0 Å². The Balaban J connectivity index is 3.58. The van der Waals surface area contributed by atoms with Gasteiger partial charge in [-0.15, -0.1) is 0 Å². The van der Waals surface area contributed by atoms with Gasteiger partial charge in [0.05, 0.1) is 26.2 Å². The molecule has 19 heavy (non-hydrogen) atoms. The summed E-state index contributed by atoms with van der Waals surface area (Å²) >= 11 is 0. The Morgan fingerprint density at radius 3 is 2.37 bits per heavy atom. The summed E-state index contributed by atoms with van der Waals surface area (Å²) in [5.41, 5.74) is 0. The maximum absolute atomic E-state index is 12.4. The van der Waals surface area contributed by atoms with Crippen LogP contribution in [0, 0.1) is 0 Å². The molecule has 2 amide bonds. The molecule has 0 fully saturated rings. The highest BCUT2D eigenvalue weighted by Gasteiger charge is 2.40. The Kier molecular flexibility index (Phi) is 7.80. The van der Waals surface area contributed by atoms with Crippen molar-refractivity contribution in [1.82, 2.24) is 10.6 Å². The molecule has 0 radical (unpaired) electrons. The molecule has 0 aliphatic heterocycles. The normalized spacial score (nSPS) is 11.4. The maximum atomic E-state index is 12.4. The van der Waals surface area contributed by atoms with E-state index in [2.05, 4.69) is 5.32 Å². The highest BCUT2D eigenvalue weighted by molar-refractivity contribution is 5.73. The zero-order valence-electron chi connectivity index (χ0n) is 9.80. The summed E-state index contributed by atoms with van der Waals surface area (Å²) in [6.45, 7) is -1.61. The third kappa shape index (κ3) is 9.05. The average Bonchev–Trinajstić information content (AvgIpc) is 2.30. The van der Waals surface area contributed by atoms with E-state index in [1.54, 1.807) is 5.32 Å². The second-order valence-electron chi connectivity index (χ2n) is 3.43. The fraction of sp³-hybridized carbons (Fsp3) is 0.778. The van der Waals surface area contributed by atoms with Crippen LogP contribution in [0.2, 0.25) is 0 Å². The number of carboxylic acids is 1. The number of alkyl halides is 4. The van der Waals surface area contributed by atoms with Crippen molar-refractivity contribution in [1.29, 1.82) is 0 Å². The molecule has 0 aliphatic carbocycles. The molecular formula is C9H14F4N2O4. The zero-order valence-corrected chi connectivity index (χ0v) is 9.80. The van der Waals surface area contributed by atoms with Gasteiger partial charge in [0.15, 0.2) is 0 Å². The van der Waals surface area contributed by atoms with Crippen molar-refractivity contribution >= 4 is 12.0 Å². The molecule has 0 aromatic heterocycles. The number of nitrogens with one attached hydrogen (secondary N) is 2. The van der Waals surface area contributed by atoms with E-state index < -0.39 is 30.9 Å². The fourth-order valence-corrected chi connectivity index (χ4v) is 0.836. The second kappa shape index (κ2) is 8.51. The highest BCUT2D eigenvalue weighted by Crippen LogP contribution is 2.21. The lowest BCUT2D eigenvalue weighted by molar-refractivity contribution is -0.138. The van der Waals surface area contributed by atoms with E-state index in [0.717, 1.165) is 0 Å². The minimum absolute atomic E-state index is 0.0219. The maximum Gasteiger partial charge on any atom is 0.324 e. The van der Waals surface area contributed by atoms with Gasteiger partial charge < -0.3 is 20.5 Å². The van der Waals surface area contributed by atoms with Crippen molar-refractivity contribution in [2.24, 2.45) is 0 Å². The summed E-state index contributed by atoms with van der Waals surface area (Å²) in [6, 6.07) is -1.04. The molecular weight excluding hydrogens is 276 g/mol. The number of carbonyl (C=O) groups excluding carboxylic acids is 1. The number of urea groups is 1. The van der Waals surface area contributed by atoms with Crippen molar-refractivity contribution in [3.8, 4) is 0 Å². The third-order valence-electron chi connectivity index (χ3n) is 1.80. The molecule has 0 heterocycles. The summed E-state index contributed by atoms with van der Waals surface area (Å²) in [5, 5.41) is 11.9. The summed E-state index contributed by atoms with van der Waals surface area (Å²) in [5.74, 6) is -5.32. The van der Waals surface area contributed by atoms with Gasteiger partial charge in [0.2, 0.25) is 0 Å². The summed E-state index contributed by atoms with van der Waals surface area (Å²) < 4.78 is 53.0. The van der Waals surface area contributed by atoms with Gasteiger partial charge in [-0.1, -0.05) is 0 Å². The lowest BCUT2D eigenvalue weighted by atomic mass is 10.3. The second-order valence-corrected chi connectivity index (χ2v) is 3.43. The van der Waals surface area contributed by atoms with Gasteiger partial charge in [0.25, 0.3) is 0 Å². The van der Waals surface area contributed by atoms with Crippen LogP contribution in [0.5, 0.6) is 0 Å². The number of halogens is 4. The first-order valence-electron chi connectivity index (χ1n) is 5.23. The number of carboxylic acid groups (broad SMARTS) is 1. The zero-order chi connectivity index (χ0) is 14.9. The van der Waals surface area contributed by atoms with E-state index in [0.29, 0.717) is 0 Å². The van der Waals surface area contributed by atoms with Crippen LogP contribution in [0.3, 0.4) is 0 Å². The van der Waals surface area contributed by atoms with Gasteiger partial charge in [-0.3, -0.25) is 4.79 Å². The molecule has 0 bridgehead atoms. The molecule has 0 saturated carbocycles. The largest absolute Gasteiger partial charge is 0.481 e. The molecule has 0 saturated heterocycles. The lowest BCUT2D eigenvalue weighted by Gasteiger charge is -2.16.